The van der Waals surface area contributed by atoms with Crippen LogP contribution < -0.4 is 4.90 Å². The predicted molar refractivity (Wildman–Crippen MR) is 150 cm³/mol. The number of thiophene rings is 1. The number of likely N-dealkylation sites (tertiary alicyclic amines) is 1. The molecule has 0 saturated carbocycles. The van der Waals surface area contributed by atoms with E-state index < -0.39 is 36.4 Å². The van der Waals surface area contributed by atoms with Gasteiger partial charge in [0.05, 0.1) is 25.0 Å². The summed E-state index contributed by atoms with van der Waals surface area (Å²) in [5, 5.41) is 36.0. The normalized spacial score (nSPS) is 15.0. The molecule has 0 bridgehead atoms. The molecule has 0 unspecified atom stereocenters. The maximum absolute atomic E-state index is 12.9. The Labute approximate surface area is 237 Å². The summed E-state index contributed by atoms with van der Waals surface area (Å²) in [5.74, 6) is -4.85. The molecular weight excluding hydrogens is 540 g/mol. The number of ether oxygens (including phenoxy) is 1. The molecule has 220 valence electrons. The number of benzene rings is 1. The van der Waals surface area contributed by atoms with Gasteiger partial charge in [-0.2, -0.15) is 0 Å². The molecule has 1 aliphatic heterocycles. The minimum absolute atomic E-state index is 0.172. The van der Waals surface area contributed by atoms with Crippen LogP contribution >= 0.6 is 11.3 Å². The van der Waals surface area contributed by atoms with Crippen LogP contribution in [-0.4, -0.2) is 93.6 Å². The summed E-state index contributed by atoms with van der Waals surface area (Å²) in [5.41, 5.74) is -2.02. The molecule has 3 rings (SSSR count). The van der Waals surface area contributed by atoms with E-state index in [4.69, 9.17) is 25.2 Å². The summed E-state index contributed by atoms with van der Waals surface area (Å²) in [7, 11) is 1.74. The number of aliphatic hydroxyl groups is 1. The van der Waals surface area contributed by atoms with Gasteiger partial charge in [-0.15, -0.1) is 11.3 Å². The fraction of sp³-hybridized carbons (Fsp3) is 0.500. The van der Waals surface area contributed by atoms with Gasteiger partial charge in [-0.1, -0.05) is 31.2 Å². The van der Waals surface area contributed by atoms with Gasteiger partial charge in [-0.3, -0.25) is 14.4 Å². The molecule has 2 aromatic rings. The Balaban J connectivity index is 0.000000366. The number of aliphatic carboxylic acids is 3. The number of carbonyl (C=O) groups is 4. The van der Waals surface area contributed by atoms with Gasteiger partial charge in [0.15, 0.2) is 5.60 Å². The van der Waals surface area contributed by atoms with Crippen molar-refractivity contribution in [1.29, 1.82) is 0 Å². The predicted octanol–water partition coefficient (Wildman–Crippen LogP) is 2.97. The Bertz CT molecular complexity index is 1080. The minimum atomic E-state index is -2.74. The summed E-state index contributed by atoms with van der Waals surface area (Å²) in [6.45, 7) is 5.59. The van der Waals surface area contributed by atoms with Crippen molar-refractivity contribution in [3.63, 3.8) is 0 Å². The van der Waals surface area contributed by atoms with Crippen molar-refractivity contribution in [3.05, 3.63) is 52.7 Å². The summed E-state index contributed by atoms with van der Waals surface area (Å²) < 4.78 is 5.63. The number of hydrogen-bond donors (Lipinski definition) is 4. The zero-order valence-corrected chi connectivity index (χ0v) is 23.6. The molecule has 0 aliphatic carbocycles. The van der Waals surface area contributed by atoms with Crippen LogP contribution in [0.3, 0.4) is 0 Å². The lowest BCUT2D eigenvalue weighted by Crippen LogP contribution is -2.60. The maximum Gasteiger partial charge on any atom is 0.336 e. The Morgan fingerprint density at radius 1 is 1.00 bits per heavy atom. The molecule has 1 aromatic heterocycles. The first kappa shape index (κ1) is 32.9. The van der Waals surface area contributed by atoms with Crippen LogP contribution in [0.1, 0.15) is 43.9 Å². The van der Waals surface area contributed by atoms with Gasteiger partial charge in [0.2, 0.25) is 5.91 Å². The van der Waals surface area contributed by atoms with E-state index in [2.05, 4.69) is 22.4 Å². The van der Waals surface area contributed by atoms with Crippen LogP contribution in [0, 0.1) is 0 Å². The highest BCUT2D eigenvalue weighted by Crippen LogP contribution is 2.34. The summed E-state index contributed by atoms with van der Waals surface area (Å²) in [4.78, 5) is 49.4. The second-order valence-electron chi connectivity index (χ2n) is 9.72. The van der Waals surface area contributed by atoms with Crippen molar-refractivity contribution in [3.8, 4) is 0 Å². The second kappa shape index (κ2) is 15.5. The lowest BCUT2D eigenvalue weighted by Gasteiger charge is -2.48. The number of hydrogen-bond acceptors (Lipinski definition) is 8. The monoisotopic (exact) mass is 578 g/mol. The van der Waals surface area contributed by atoms with E-state index in [0.717, 1.165) is 44.6 Å². The third kappa shape index (κ3) is 9.40. The van der Waals surface area contributed by atoms with Crippen molar-refractivity contribution in [2.45, 2.75) is 56.6 Å². The minimum Gasteiger partial charge on any atom is -0.481 e. The number of carboxylic acid groups (broad SMARTS) is 3. The first-order valence-corrected chi connectivity index (χ1v) is 13.9. The quantitative estimate of drug-likeness (QED) is 0.278. The van der Waals surface area contributed by atoms with E-state index in [0.29, 0.717) is 13.0 Å². The summed E-state index contributed by atoms with van der Waals surface area (Å²) in [6.07, 6.45) is 1.19. The molecule has 1 fully saturated rings. The first-order valence-electron chi connectivity index (χ1n) is 13.0. The highest BCUT2D eigenvalue weighted by molar-refractivity contribution is 7.09. The Kier molecular flexibility index (Phi) is 12.7. The third-order valence-corrected chi connectivity index (χ3v) is 7.72. The second-order valence-corrected chi connectivity index (χ2v) is 10.8. The average molecular weight is 579 g/mol. The number of piperidine rings is 1. The Morgan fingerprint density at radius 2 is 1.60 bits per heavy atom. The smallest absolute Gasteiger partial charge is 0.336 e. The van der Waals surface area contributed by atoms with Crippen molar-refractivity contribution in [2.75, 3.05) is 38.3 Å². The fourth-order valence-electron chi connectivity index (χ4n) is 4.75. The number of para-hydroxylation sites is 1. The van der Waals surface area contributed by atoms with E-state index in [1.807, 2.05) is 53.5 Å². The number of amides is 1. The third-order valence-electron chi connectivity index (χ3n) is 6.78. The van der Waals surface area contributed by atoms with Gasteiger partial charge >= 0.3 is 17.9 Å². The lowest BCUT2D eigenvalue weighted by atomic mass is 9.85. The Morgan fingerprint density at radius 3 is 2.05 bits per heavy atom. The molecule has 0 radical (unpaired) electrons. The van der Waals surface area contributed by atoms with Crippen molar-refractivity contribution < 1.29 is 44.3 Å². The van der Waals surface area contributed by atoms with Crippen molar-refractivity contribution in [1.82, 2.24) is 4.90 Å². The van der Waals surface area contributed by atoms with Crippen LogP contribution in [-0.2, 0) is 30.3 Å². The highest BCUT2D eigenvalue weighted by Gasteiger charge is 2.43. The van der Waals surface area contributed by atoms with Crippen LogP contribution in [0.4, 0.5) is 5.69 Å². The lowest BCUT2D eigenvalue weighted by molar-refractivity contribution is -0.170. The summed E-state index contributed by atoms with van der Waals surface area (Å²) in [6, 6.07) is 14.4. The van der Waals surface area contributed by atoms with Gasteiger partial charge in [-0.05, 0) is 42.8 Å². The standard InChI is InChI=1S/C22H30N2O2S.C6H8O7/c1-3-21(25)24(19-8-5-4-6-9-19)22(18-26-2)12-15-23(16-13-22)14-11-20-10-7-17-27-20;7-3(8)1-6(13,5(11)12)2-4(9)10/h4-10,17H,3,11-16,18H2,1-2H3;13H,1-2H2,(H,7,8)(H,9,10)(H,11,12). The SMILES string of the molecule is CCC(=O)N(c1ccccc1)C1(COC)CCN(CCc2cccs2)CC1.O=C(O)CC(O)(CC(=O)O)C(=O)O. The number of carboxylic acids is 3. The van der Waals surface area contributed by atoms with Crippen molar-refractivity contribution in [2.24, 2.45) is 0 Å². The molecule has 1 aromatic carbocycles. The first-order chi connectivity index (χ1) is 19.0. The number of methoxy groups -OCH3 is 1. The summed E-state index contributed by atoms with van der Waals surface area (Å²) >= 11 is 1.83. The molecule has 1 aliphatic rings. The number of carbonyl (C=O) groups excluding carboxylic acids is 1. The number of anilines is 1. The van der Waals surface area contributed by atoms with Crippen LogP contribution in [0.2, 0.25) is 0 Å². The zero-order valence-electron chi connectivity index (χ0n) is 22.8. The highest BCUT2D eigenvalue weighted by atomic mass is 32.1. The van der Waals surface area contributed by atoms with E-state index in [1.54, 1.807) is 7.11 Å². The van der Waals surface area contributed by atoms with E-state index in [9.17, 15) is 19.2 Å². The molecule has 1 saturated heterocycles. The maximum atomic E-state index is 12.9. The van der Waals surface area contributed by atoms with Crippen molar-refractivity contribution >= 4 is 40.8 Å². The molecule has 11 nitrogen and oxygen atoms in total. The molecule has 1 amide bonds. The van der Waals surface area contributed by atoms with Crippen LogP contribution in [0.15, 0.2) is 47.8 Å². The largest absolute Gasteiger partial charge is 0.481 e. The van der Waals surface area contributed by atoms with E-state index in [-0.39, 0.29) is 11.4 Å². The van der Waals surface area contributed by atoms with Gasteiger partial charge < -0.3 is 35.0 Å². The topological polar surface area (TPSA) is 165 Å². The van der Waals surface area contributed by atoms with Gasteiger partial charge in [0.1, 0.15) is 0 Å². The molecule has 4 N–H and O–H groups in total. The van der Waals surface area contributed by atoms with Gasteiger partial charge in [-0.25, -0.2) is 4.79 Å². The van der Waals surface area contributed by atoms with Crippen LogP contribution in [0.25, 0.3) is 0 Å². The van der Waals surface area contributed by atoms with Gasteiger partial charge in [0, 0.05) is 43.7 Å². The Hall–Kier alpha value is -3.32. The molecule has 40 heavy (non-hydrogen) atoms. The number of nitrogens with zero attached hydrogens (tertiary/aromatic N) is 2. The fourth-order valence-corrected chi connectivity index (χ4v) is 5.45. The molecule has 0 atom stereocenters. The van der Waals surface area contributed by atoms with Crippen LogP contribution in [0.5, 0.6) is 0 Å². The zero-order chi connectivity index (χ0) is 29.8. The average Bonchev–Trinajstić information content (AvgIpc) is 3.42. The van der Waals surface area contributed by atoms with E-state index >= 15 is 0 Å². The molecule has 0 spiro atoms. The molecule has 2 heterocycles. The number of rotatable bonds is 13. The molecule has 12 heteroatoms. The van der Waals surface area contributed by atoms with Gasteiger partial charge in [0.25, 0.3) is 0 Å². The van der Waals surface area contributed by atoms with E-state index in [1.165, 1.54) is 4.88 Å². The molecular formula is C28H38N2O9S.